The minimum atomic E-state index is -4.88. The fourth-order valence-electron chi connectivity index (χ4n) is 2.73. The first-order valence-electron chi connectivity index (χ1n) is 7.37. The molecule has 1 unspecified atom stereocenters. The van der Waals surface area contributed by atoms with E-state index in [9.17, 15) is 18.0 Å². The average molecular weight is 385 g/mol. The minimum absolute atomic E-state index is 0.0571. The summed E-state index contributed by atoms with van der Waals surface area (Å²) in [5.41, 5.74) is 0.457. The normalized spacial score (nSPS) is 16.3. The molecule has 0 fully saturated rings. The van der Waals surface area contributed by atoms with Gasteiger partial charge in [-0.25, -0.2) is 4.79 Å². The molecule has 1 aliphatic heterocycles. The Kier molecular flexibility index (Phi) is 4.58. The lowest BCUT2D eigenvalue weighted by atomic mass is 9.96. The average Bonchev–Trinajstić information content (AvgIpc) is 2.59. The van der Waals surface area contributed by atoms with Gasteiger partial charge >= 0.3 is 12.1 Å². The summed E-state index contributed by atoms with van der Waals surface area (Å²) in [4.78, 5) is 11.3. The Labute approximate surface area is 151 Å². The minimum Gasteiger partial charge on any atom is -0.496 e. The molecule has 0 amide bonds. The Morgan fingerprint density at radius 1 is 1.27 bits per heavy atom. The van der Waals surface area contributed by atoms with Gasteiger partial charge in [-0.3, -0.25) is 0 Å². The number of carbonyl (C=O) groups is 1. The largest absolute Gasteiger partial charge is 0.496 e. The molecular weight excluding hydrogens is 373 g/mol. The number of carboxylic acid groups (broad SMARTS) is 1. The van der Waals surface area contributed by atoms with E-state index in [2.05, 4.69) is 0 Å². The predicted molar refractivity (Wildman–Crippen MR) is 89.5 cm³/mol. The highest BCUT2D eigenvalue weighted by Crippen LogP contribution is 2.44. The molecule has 1 heterocycles. The molecule has 136 valence electrons. The number of alkyl halides is 3. The Bertz CT molecular complexity index is 906. The van der Waals surface area contributed by atoms with Crippen LogP contribution in [0.3, 0.4) is 0 Å². The highest BCUT2D eigenvalue weighted by atomic mass is 35.5. The summed E-state index contributed by atoms with van der Waals surface area (Å²) in [7, 11) is 1.48. The fourth-order valence-corrected chi connectivity index (χ4v) is 3.00. The first-order valence-corrected chi connectivity index (χ1v) is 7.75. The van der Waals surface area contributed by atoms with E-state index in [1.54, 1.807) is 24.3 Å². The van der Waals surface area contributed by atoms with Gasteiger partial charge in [-0.15, -0.1) is 0 Å². The zero-order valence-electron chi connectivity index (χ0n) is 13.3. The maximum atomic E-state index is 13.1. The zero-order chi connectivity index (χ0) is 19.1. The standard InChI is InChI=1S/C18H12ClF3O4/c1-25-14-5-3-2-4-11(14)9-6-10-7-12(17(23)24)16(18(20,21)22)26-15(10)13(19)8-9/h2-8,16H,1H3,(H,23,24). The first kappa shape index (κ1) is 18.1. The summed E-state index contributed by atoms with van der Waals surface area (Å²) >= 11 is 6.13. The van der Waals surface area contributed by atoms with Crippen molar-refractivity contribution in [3.05, 3.63) is 52.6 Å². The molecule has 4 nitrogen and oxygen atoms in total. The van der Waals surface area contributed by atoms with E-state index in [0.29, 0.717) is 16.9 Å². The second-order valence-electron chi connectivity index (χ2n) is 5.52. The number of fused-ring (bicyclic) bond motifs is 1. The Morgan fingerprint density at radius 3 is 2.58 bits per heavy atom. The Hall–Kier alpha value is -2.67. The molecule has 1 N–H and O–H groups in total. The summed E-state index contributed by atoms with van der Waals surface area (Å²) in [6.45, 7) is 0. The number of aliphatic carboxylic acids is 1. The van der Waals surface area contributed by atoms with Crippen LogP contribution in [0.4, 0.5) is 13.2 Å². The number of rotatable bonds is 3. The molecular formula is C18H12ClF3O4. The Morgan fingerprint density at radius 2 is 1.96 bits per heavy atom. The SMILES string of the molecule is COc1ccccc1-c1cc(Cl)c2c(c1)C=C(C(=O)O)C(C(F)(F)F)O2. The van der Waals surface area contributed by atoms with Gasteiger partial charge < -0.3 is 14.6 Å². The monoisotopic (exact) mass is 384 g/mol. The van der Waals surface area contributed by atoms with Crippen LogP contribution < -0.4 is 9.47 Å². The van der Waals surface area contributed by atoms with Crippen LogP contribution in [0.5, 0.6) is 11.5 Å². The highest BCUT2D eigenvalue weighted by molar-refractivity contribution is 6.32. The topological polar surface area (TPSA) is 55.8 Å². The number of carboxylic acids is 1. The van der Waals surface area contributed by atoms with Gasteiger partial charge in [0.05, 0.1) is 17.7 Å². The summed E-state index contributed by atoms with van der Waals surface area (Å²) in [6.07, 6.45) is -6.53. The van der Waals surface area contributed by atoms with E-state index < -0.39 is 23.8 Å². The van der Waals surface area contributed by atoms with Crippen molar-refractivity contribution in [3.63, 3.8) is 0 Å². The number of para-hydroxylation sites is 1. The number of methoxy groups -OCH3 is 1. The number of hydrogen-bond acceptors (Lipinski definition) is 3. The third-order valence-electron chi connectivity index (χ3n) is 3.86. The number of benzene rings is 2. The molecule has 0 aromatic heterocycles. The predicted octanol–water partition coefficient (Wildman–Crippen LogP) is 4.81. The van der Waals surface area contributed by atoms with Gasteiger partial charge in [0, 0.05) is 11.1 Å². The molecule has 0 aliphatic carbocycles. The van der Waals surface area contributed by atoms with Crippen LogP contribution in [0, 0.1) is 0 Å². The lowest BCUT2D eigenvalue weighted by Gasteiger charge is -2.28. The van der Waals surface area contributed by atoms with E-state index >= 15 is 0 Å². The van der Waals surface area contributed by atoms with Gasteiger partial charge in [-0.05, 0) is 29.8 Å². The molecule has 3 rings (SSSR count). The second-order valence-corrected chi connectivity index (χ2v) is 5.93. The van der Waals surface area contributed by atoms with Crippen molar-refractivity contribution in [2.24, 2.45) is 0 Å². The van der Waals surface area contributed by atoms with Crippen molar-refractivity contribution >= 4 is 23.6 Å². The van der Waals surface area contributed by atoms with Crippen molar-refractivity contribution in [3.8, 4) is 22.6 Å². The molecule has 0 saturated carbocycles. The van der Waals surface area contributed by atoms with Gasteiger partial charge in [-0.1, -0.05) is 29.8 Å². The van der Waals surface area contributed by atoms with Gasteiger partial charge in [0.25, 0.3) is 0 Å². The molecule has 8 heteroatoms. The van der Waals surface area contributed by atoms with Crippen LogP contribution in [0.25, 0.3) is 17.2 Å². The number of halogens is 4. The van der Waals surface area contributed by atoms with E-state index in [4.69, 9.17) is 26.2 Å². The van der Waals surface area contributed by atoms with Gasteiger partial charge in [-0.2, -0.15) is 13.2 Å². The van der Waals surface area contributed by atoms with Crippen LogP contribution in [0.15, 0.2) is 42.0 Å². The molecule has 0 spiro atoms. The van der Waals surface area contributed by atoms with E-state index in [1.807, 2.05) is 0 Å². The van der Waals surface area contributed by atoms with E-state index in [-0.39, 0.29) is 16.3 Å². The molecule has 2 aromatic rings. The lowest BCUT2D eigenvalue weighted by Crippen LogP contribution is -2.40. The first-order chi connectivity index (χ1) is 12.2. The summed E-state index contributed by atoms with van der Waals surface area (Å²) in [5, 5.41) is 9.08. The van der Waals surface area contributed by atoms with Crippen molar-refractivity contribution in [2.45, 2.75) is 12.3 Å². The number of ether oxygens (including phenoxy) is 2. The molecule has 0 saturated heterocycles. The molecule has 0 bridgehead atoms. The van der Waals surface area contributed by atoms with E-state index in [1.165, 1.54) is 19.2 Å². The van der Waals surface area contributed by atoms with Gasteiger partial charge in [0.2, 0.25) is 6.10 Å². The fraction of sp³-hybridized carbons (Fsp3) is 0.167. The van der Waals surface area contributed by atoms with Gasteiger partial charge in [0.1, 0.15) is 11.5 Å². The maximum Gasteiger partial charge on any atom is 0.430 e. The van der Waals surface area contributed by atoms with Crippen LogP contribution in [-0.2, 0) is 4.79 Å². The van der Waals surface area contributed by atoms with Crippen LogP contribution in [0.1, 0.15) is 5.56 Å². The third kappa shape index (κ3) is 3.22. The molecule has 26 heavy (non-hydrogen) atoms. The molecule has 2 aromatic carbocycles. The quantitative estimate of drug-likeness (QED) is 0.825. The highest BCUT2D eigenvalue weighted by Gasteiger charge is 2.48. The molecule has 0 radical (unpaired) electrons. The smallest absolute Gasteiger partial charge is 0.430 e. The van der Waals surface area contributed by atoms with E-state index in [0.717, 1.165) is 6.08 Å². The van der Waals surface area contributed by atoms with Crippen LogP contribution >= 0.6 is 11.6 Å². The lowest BCUT2D eigenvalue weighted by molar-refractivity contribution is -0.187. The summed E-state index contributed by atoms with van der Waals surface area (Å²) in [5.74, 6) is -1.38. The van der Waals surface area contributed by atoms with Crippen molar-refractivity contribution in [2.75, 3.05) is 7.11 Å². The maximum absolute atomic E-state index is 13.1. The summed E-state index contributed by atoms with van der Waals surface area (Å²) in [6, 6.07) is 9.96. The van der Waals surface area contributed by atoms with Crippen molar-refractivity contribution < 1.29 is 32.5 Å². The van der Waals surface area contributed by atoms with Crippen molar-refractivity contribution in [1.29, 1.82) is 0 Å². The second kappa shape index (κ2) is 6.57. The zero-order valence-corrected chi connectivity index (χ0v) is 14.1. The van der Waals surface area contributed by atoms with Crippen LogP contribution in [-0.4, -0.2) is 30.5 Å². The number of hydrogen-bond donors (Lipinski definition) is 1. The van der Waals surface area contributed by atoms with Crippen LogP contribution in [0.2, 0.25) is 5.02 Å². The molecule has 1 atom stereocenters. The Balaban J connectivity index is 2.17. The van der Waals surface area contributed by atoms with Crippen molar-refractivity contribution in [1.82, 2.24) is 0 Å². The van der Waals surface area contributed by atoms with Gasteiger partial charge in [0.15, 0.2) is 0 Å². The molecule has 1 aliphatic rings. The third-order valence-corrected chi connectivity index (χ3v) is 4.14. The summed E-state index contributed by atoms with van der Waals surface area (Å²) < 4.78 is 49.6.